The van der Waals surface area contributed by atoms with Crippen molar-refractivity contribution in [1.29, 1.82) is 0 Å². The zero-order valence-corrected chi connectivity index (χ0v) is 36.4. The Morgan fingerprint density at radius 2 is 1.25 bits per heavy atom. The van der Waals surface area contributed by atoms with Gasteiger partial charge in [0.15, 0.2) is 5.60 Å². The van der Waals surface area contributed by atoms with E-state index in [1.165, 1.54) is 6.92 Å². The first-order chi connectivity index (χ1) is 29.4. The molecule has 0 aliphatic rings. The first kappa shape index (κ1) is 54.9. The number of carboxylic acids is 3. The van der Waals surface area contributed by atoms with Gasteiger partial charge >= 0.3 is 23.9 Å². The number of primary amides is 1. The summed E-state index contributed by atoms with van der Waals surface area (Å²) in [4.78, 5) is 126. The quantitative estimate of drug-likeness (QED) is 0.0469. The van der Waals surface area contributed by atoms with Gasteiger partial charge in [0, 0.05) is 57.7 Å². The van der Waals surface area contributed by atoms with E-state index in [1.54, 1.807) is 58.0 Å². The smallest absolute Gasteiger partial charge is 0.326 e. The Morgan fingerprint density at radius 3 is 1.78 bits per heavy atom. The van der Waals surface area contributed by atoms with E-state index < -0.39 is 114 Å². The highest BCUT2D eigenvalue weighted by Crippen LogP contribution is 2.26. The SMILES string of the molecule is CC(C)CC(NC(=O)CCNC(=O)N(CC(C)C)C(=O)C(N)CCC(=O)O)C(O)(CC(C)C(=O)NCCC(=O)NC(CCC(=O)O)C(=O)NC(Cc1ccccc1)C(=O)O)C(N)=O. The molecule has 1 aromatic carbocycles. The van der Waals surface area contributed by atoms with Gasteiger partial charge in [0.1, 0.15) is 12.1 Å². The third-order valence-electron chi connectivity index (χ3n) is 9.63. The van der Waals surface area contributed by atoms with E-state index in [4.69, 9.17) is 16.6 Å². The third-order valence-corrected chi connectivity index (χ3v) is 9.63. The molecule has 0 fully saturated rings. The maximum atomic E-state index is 13.1. The molecular weight excluding hydrogens is 828 g/mol. The fourth-order valence-corrected chi connectivity index (χ4v) is 6.30. The number of benzene rings is 1. The molecule has 22 heteroatoms. The zero-order chi connectivity index (χ0) is 48.0. The number of carbonyl (C=O) groups excluding carboxylic acids is 7. The summed E-state index contributed by atoms with van der Waals surface area (Å²) in [7, 11) is 0. The van der Waals surface area contributed by atoms with Crippen molar-refractivity contribution < 1.29 is 68.4 Å². The number of carboxylic acid groups (broad SMARTS) is 3. The lowest BCUT2D eigenvalue weighted by atomic mass is 9.80. The zero-order valence-electron chi connectivity index (χ0n) is 36.4. The Balaban J connectivity index is 2.93. The van der Waals surface area contributed by atoms with Crippen molar-refractivity contribution in [3.63, 3.8) is 0 Å². The van der Waals surface area contributed by atoms with Crippen molar-refractivity contribution in [3.8, 4) is 0 Å². The van der Waals surface area contributed by atoms with Crippen LogP contribution in [0.25, 0.3) is 0 Å². The van der Waals surface area contributed by atoms with Crippen LogP contribution in [0.4, 0.5) is 4.79 Å². The van der Waals surface area contributed by atoms with Crippen LogP contribution in [0.15, 0.2) is 30.3 Å². The lowest BCUT2D eigenvalue weighted by Crippen LogP contribution is -2.61. The highest BCUT2D eigenvalue weighted by Gasteiger charge is 2.45. The number of hydrogen-bond acceptors (Lipinski definition) is 12. The fourth-order valence-electron chi connectivity index (χ4n) is 6.30. The number of carbonyl (C=O) groups is 10. The van der Waals surface area contributed by atoms with Gasteiger partial charge in [-0.15, -0.1) is 0 Å². The van der Waals surface area contributed by atoms with Crippen LogP contribution in [0.2, 0.25) is 0 Å². The molecule has 6 unspecified atom stereocenters. The topological polar surface area (TPSA) is 367 Å². The Labute approximate surface area is 365 Å². The van der Waals surface area contributed by atoms with Crippen LogP contribution in [-0.2, 0) is 49.6 Å². The minimum atomic E-state index is -2.47. The van der Waals surface area contributed by atoms with Crippen molar-refractivity contribution in [2.75, 3.05) is 19.6 Å². The summed E-state index contributed by atoms with van der Waals surface area (Å²) >= 11 is 0. The fraction of sp³-hybridized carbons (Fsp3) is 0.610. The van der Waals surface area contributed by atoms with Gasteiger partial charge in [-0.2, -0.15) is 0 Å². The van der Waals surface area contributed by atoms with E-state index in [0.717, 1.165) is 4.90 Å². The van der Waals surface area contributed by atoms with Crippen molar-refractivity contribution in [2.24, 2.45) is 29.2 Å². The molecule has 63 heavy (non-hydrogen) atoms. The van der Waals surface area contributed by atoms with Crippen LogP contribution in [0.5, 0.6) is 0 Å². The number of nitrogens with two attached hydrogens (primary N) is 2. The number of aliphatic hydroxyl groups is 1. The number of amides is 8. The Hall–Kier alpha value is -6.16. The van der Waals surface area contributed by atoms with Crippen molar-refractivity contribution in [1.82, 2.24) is 31.5 Å². The average Bonchev–Trinajstić information content (AvgIpc) is 3.19. The summed E-state index contributed by atoms with van der Waals surface area (Å²) in [6, 6.07) is 2.16. The molecule has 0 heterocycles. The van der Waals surface area contributed by atoms with Crippen molar-refractivity contribution >= 4 is 59.4 Å². The maximum Gasteiger partial charge on any atom is 0.326 e. The highest BCUT2D eigenvalue weighted by molar-refractivity contribution is 5.97. The van der Waals surface area contributed by atoms with Gasteiger partial charge in [0.2, 0.25) is 29.5 Å². The number of nitrogens with one attached hydrogen (secondary N) is 5. The van der Waals surface area contributed by atoms with Crippen LogP contribution < -0.4 is 38.1 Å². The summed E-state index contributed by atoms with van der Waals surface area (Å²) < 4.78 is 0. The molecule has 0 spiro atoms. The molecule has 0 aliphatic heterocycles. The molecule has 1 rings (SSSR count). The first-order valence-electron chi connectivity index (χ1n) is 20.6. The second-order valence-electron chi connectivity index (χ2n) is 16.2. The lowest BCUT2D eigenvalue weighted by molar-refractivity contribution is -0.146. The van der Waals surface area contributed by atoms with Crippen LogP contribution in [0.1, 0.15) is 91.5 Å². The largest absolute Gasteiger partial charge is 0.481 e. The van der Waals surface area contributed by atoms with E-state index in [0.29, 0.717) is 5.56 Å². The number of hydrogen-bond donors (Lipinski definition) is 11. The minimum Gasteiger partial charge on any atom is -0.481 e. The molecule has 8 amide bonds. The Morgan fingerprint density at radius 1 is 0.698 bits per heavy atom. The van der Waals surface area contributed by atoms with Crippen LogP contribution in [-0.4, -0.2) is 134 Å². The van der Waals surface area contributed by atoms with Gasteiger partial charge in [0.05, 0.1) is 12.1 Å². The first-order valence-corrected chi connectivity index (χ1v) is 20.6. The summed E-state index contributed by atoms with van der Waals surface area (Å²) in [5, 5.41) is 51.6. The van der Waals surface area contributed by atoms with Gasteiger partial charge in [0.25, 0.3) is 5.91 Å². The molecule has 0 aromatic heterocycles. The summed E-state index contributed by atoms with van der Waals surface area (Å²) in [5.74, 6) is -10.5. The monoisotopic (exact) mass is 892 g/mol. The molecule has 0 radical (unpaired) electrons. The van der Waals surface area contributed by atoms with Crippen LogP contribution in [0, 0.1) is 17.8 Å². The van der Waals surface area contributed by atoms with E-state index in [-0.39, 0.29) is 70.0 Å². The highest BCUT2D eigenvalue weighted by atomic mass is 16.4. The molecule has 0 aliphatic carbocycles. The van der Waals surface area contributed by atoms with E-state index in [1.807, 2.05) is 0 Å². The molecule has 0 saturated carbocycles. The second-order valence-corrected chi connectivity index (χ2v) is 16.2. The number of aliphatic carboxylic acids is 3. The summed E-state index contributed by atoms with van der Waals surface area (Å²) in [6.45, 7) is 7.69. The minimum absolute atomic E-state index is 0.0209. The molecule has 352 valence electrons. The van der Waals surface area contributed by atoms with Gasteiger partial charge in [-0.1, -0.05) is 65.0 Å². The number of nitrogens with zero attached hydrogens (tertiary/aromatic N) is 1. The average molecular weight is 893 g/mol. The predicted octanol–water partition coefficient (Wildman–Crippen LogP) is -0.796. The van der Waals surface area contributed by atoms with Gasteiger partial charge in [-0.05, 0) is 43.1 Å². The molecular formula is C41H64N8O14. The van der Waals surface area contributed by atoms with Gasteiger partial charge in [-0.25, -0.2) is 9.59 Å². The standard InChI is InChI=1S/C41H64N8O14/c1-23(2)19-30(48-32(51)16-18-45-40(62)49(22-24(3)4)37(58)27(42)11-13-33(52)53)41(63,39(43)61)21-25(5)35(56)44-17-15-31(50)46-28(12-14-34(54)55)36(57)47-29(38(59)60)20-26-9-7-6-8-10-26/h6-10,23-25,27-30,63H,11-22,42H2,1-5H3,(H2,43,61)(H,44,56)(H,45,62)(H,46,50)(H,47,57)(H,48,51)(H,52,53)(H,54,55)(H,59,60). The Kier molecular flexibility index (Phi) is 23.5. The van der Waals surface area contributed by atoms with E-state index >= 15 is 0 Å². The molecule has 6 atom stereocenters. The molecule has 22 nitrogen and oxygen atoms in total. The third kappa shape index (κ3) is 20.5. The normalized spacial score (nSPS) is 14.4. The van der Waals surface area contributed by atoms with Crippen LogP contribution in [0.3, 0.4) is 0 Å². The number of imide groups is 1. The van der Waals surface area contributed by atoms with Crippen molar-refractivity contribution in [3.05, 3.63) is 35.9 Å². The molecule has 13 N–H and O–H groups in total. The number of rotatable bonds is 29. The van der Waals surface area contributed by atoms with Gasteiger partial charge < -0.3 is 58.5 Å². The number of urea groups is 1. The second kappa shape index (κ2) is 27.0. The molecule has 0 saturated heterocycles. The van der Waals surface area contributed by atoms with E-state index in [2.05, 4.69) is 26.6 Å². The molecule has 0 bridgehead atoms. The Bertz CT molecular complexity index is 1760. The van der Waals surface area contributed by atoms with Crippen LogP contribution >= 0.6 is 0 Å². The lowest BCUT2D eigenvalue weighted by Gasteiger charge is -2.36. The predicted molar refractivity (Wildman–Crippen MR) is 225 cm³/mol. The summed E-state index contributed by atoms with van der Waals surface area (Å²) in [5.41, 5.74) is 9.63. The maximum absolute atomic E-state index is 13.1. The van der Waals surface area contributed by atoms with Crippen molar-refractivity contribution in [2.45, 2.75) is 122 Å². The molecule has 1 aromatic rings. The summed E-state index contributed by atoms with van der Waals surface area (Å²) in [6.07, 6.45) is -2.92. The van der Waals surface area contributed by atoms with E-state index in [9.17, 15) is 63.3 Å². The van der Waals surface area contributed by atoms with Gasteiger partial charge in [-0.3, -0.25) is 43.3 Å².